The molecule has 1 saturated heterocycles. The van der Waals surface area contributed by atoms with Crippen LogP contribution in [0.15, 0.2) is 48.5 Å². The number of nitrogens with zero attached hydrogens (tertiary/aromatic N) is 1. The number of carbonyl (C=O) groups excluding carboxylic acids is 3. The number of nitrogens with one attached hydrogen (secondary N) is 2. The molecule has 1 aliphatic rings. The molecule has 1 atom stereocenters. The summed E-state index contributed by atoms with van der Waals surface area (Å²) in [5.74, 6) is -0.652. The Balaban J connectivity index is 1.55. The lowest BCUT2D eigenvalue weighted by atomic mass is 10.1. The SMILES string of the molecule is CCCCN1C[C@H](C(=O)Nc2ccc(C(=O)Nc3cccc(C)c3)cc2)CC1=O. The number of benzene rings is 2. The molecule has 6 nitrogen and oxygen atoms in total. The largest absolute Gasteiger partial charge is 0.342 e. The molecule has 2 N–H and O–H groups in total. The summed E-state index contributed by atoms with van der Waals surface area (Å²) in [5, 5.41) is 5.72. The number of hydrogen-bond donors (Lipinski definition) is 2. The summed E-state index contributed by atoms with van der Waals surface area (Å²) in [7, 11) is 0. The molecule has 0 bridgehead atoms. The van der Waals surface area contributed by atoms with Gasteiger partial charge in [-0.15, -0.1) is 0 Å². The second-order valence-corrected chi connectivity index (χ2v) is 7.48. The monoisotopic (exact) mass is 393 g/mol. The fraction of sp³-hybridized carbons (Fsp3) is 0.348. The molecule has 0 unspecified atom stereocenters. The van der Waals surface area contributed by atoms with Gasteiger partial charge in [-0.25, -0.2) is 0 Å². The van der Waals surface area contributed by atoms with Crippen molar-refractivity contribution in [3.05, 3.63) is 59.7 Å². The number of amides is 3. The third-order valence-corrected chi connectivity index (χ3v) is 5.06. The van der Waals surface area contributed by atoms with Crippen molar-refractivity contribution in [3.63, 3.8) is 0 Å². The van der Waals surface area contributed by atoms with Crippen molar-refractivity contribution in [2.45, 2.75) is 33.1 Å². The van der Waals surface area contributed by atoms with Crippen LogP contribution in [0.25, 0.3) is 0 Å². The third-order valence-electron chi connectivity index (χ3n) is 5.06. The Kier molecular flexibility index (Phi) is 6.65. The van der Waals surface area contributed by atoms with E-state index in [1.54, 1.807) is 29.2 Å². The topological polar surface area (TPSA) is 78.5 Å². The molecule has 0 spiro atoms. The van der Waals surface area contributed by atoms with Gasteiger partial charge >= 0.3 is 0 Å². The zero-order valence-electron chi connectivity index (χ0n) is 16.9. The molecule has 2 aromatic carbocycles. The minimum atomic E-state index is -0.330. The predicted octanol–water partition coefficient (Wildman–Crippen LogP) is 3.83. The van der Waals surface area contributed by atoms with Gasteiger partial charge in [0.05, 0.1) is 5.92 Å². The first-order valence-electron chi connectivity index (χ1n) is 10.0. The van der Waals surface area contributed by atoms with Gasteiger partial charge in [-0.3, -0.25) is 14.4 Å². The van der Waals surface area contributed by atoms with Gasteiger partial charge in [0.2, 0.25) is 11.8 Å². The number of anilines is 2. The van der Waals surface area contributed by atoms with Crippen LogP contribution in [0.2, 0.25) is 0 Å². The van der Waals surface area contributed by atoms with Crippen LogP contribution in [0.4, 0.5) is 11.4 Å². The Morgan fingerprint density at radius 1 is 1.07 bits per heavy atom. The van der Waals surface area contributed by atoms with E-state index in [2.05, 4.69) is 17.6 Å². The zero-order chi connectivity index (χ0) is 20.8. The van der Waals surface area contributed by atoms with Crippen molar-refractivity contribution in [3.8, 4) is 0 Å². The lowest BCUT2D eigenvalue weighted by Crippen LogP contribution is -2.29. The number of unbranched alkanes of at least 4 members (excludes halogenated alkanes) is 1. The van der Waals surface area contributed by atoms with E-state index in [0.29, 0.717) is 24.3 Å². The summed E-state index contributed by atoms with van der Waals surface area (Å²) in [6.45, 7) is 5.23. The average Bonchev–Trinajstić information content (AvgIpc) is 3.07. The van der Waals surface area contributed by atoms with Gasteiger partial charge in [0.15, 0.2) is 0 Å². The molecule has 1 aliphatic heterocycles. The van der Waals surface area contributed by atoms with Crippen molar-refractivity contribution >= 4 is 29.1 Å². The fourth-order valence-electron chi connectivity index (χ4n) is 3.39. The highest BCUT2D eigenvalue weighted by Crippen LogP contribution is 2.21. The summed E-state index contributed by atoms with van der Waals surface area (Å²) < 4.78 is 0. The molecule has 0 radical (unpaired) electrons. The zero-order valence-corrected chi connectivity index (χ0v) is 16.9. The maximum Gasteiger partial charge on any atom is 0.255 e. The summed E-state index contributed by atoms with van der Waals surface area (Å²) in [6, 6.07) is 14.4. The molecule has 0 aromatic heterocycles. The first-order valence-corrected chi connectivity index (χ1v) is 10.0. The van der Waals surface area contributed by atoms with Gasteiger partial charge in [-0.1, -0.05) is 25.5 Å². The van der Waals surface area contributed by atoms with Gasteiger partial charge in [0.1, 0.15) is 0 Å². The fourth-order valence-corrected chi connectivity index (χ4v) is 3.39. The molecule has 0 aliphatic carbocycles. The number of carbonyl (C=O) groups is 3. The molecule has 6 heteroatoms. The second kappa shape index (κ2) is 9.37. The van der Waals surface area contributed by atoms with Crippen molar-refractivity contribution in [1.82, 2.24) is 4.90 Å². The Morgan fingerprint density at radius 3 is 2.52 bits per heavy atom. The summed E-state index contributed by atoms with van der Waals surface area (Å²) >= 11 is 0. The van der Waals surface area contributed by atoms with E-state index in [1.165, 1.54) is 0 Å². The van der Waals surface area contributed by atoms with Crippen LogP contribution in [0, 0.1) is 12.8 Å². The van der Waals surface area contributed by atoms with Crippen molar-refractivity contribution in [1.29, 1.82) is 0 Å². The minimum Gasteiger partial charge on any atom is -0.342 e. The molecule has 3 amide bonds. The summed E-state index contributed by atoms with van der Waals surface area (Å²) in [5.41, 5.74) is 2.93. The minimum absolute atomic E-state index is 0.0433. The number of hydrogen-bond acceptors (Lipinski definition) is 3. The van der Waals surface area contributed by atoms with Gasteiger partial charge in [-0.05, 0) is 55.3 Å². The first kappa shape index (κ1) is 20.6. The molecule has 29 heavy (non-hydrogen) atoms. The Bertz CT molecular complexity index is 892. The van der Waals surface area contributed by atoms with Crippen LogP contribution in [0.5, 0.6) is 0 Å². The van der Waals surface area contributed by atoms with E-state index in [9.17, 15) is 14.4 Å². The molecule has 2 aromatic rings. The van der Waals surface area contributed by atoms with Gasteiger partial charge < -0.3 is 15.5 Å². The third kappa shape index (κ3) is 5.44. The van der Waals surface area contributed by atoms with Crippen LogP contribution in [0.3, 0.4) is 0 Å². The number of rotatable bonds is 7. The number of aryl methyl sites for hydroxylation is 1. The Hall–Kier alpha value is -3.15. The van der Waals surface area contributed by atoms with Gasteiger partial charge in [-0.2, -0.15) is 0 Å². The highest BCUT2D eigenvalue weighted by atomic mass is 16.2. The van der Waals surface area contributed by atoms with E-state index in [0.717, 1.165) is 24.1 Å². The Morgan fingerprint density at radius 2 is 1.83 bits per heavy atom. The van der Waals surface area contributed by atoms with Gasteiger partial charge in [0.25, 0.3) is 5.91 Å². The van der Waals surface area contributed by atoms with Crippen LogP contribution in [-0.4, -0.2) is 35.7 Å². The highest BCUT2D eigenvalue weighted by Gasteiger charge is 2.33. The molecule has 1 heterocycles. The van der Waals surface area contributed by atoms with E-state index in [-0.39, 0.29) is 30.1 Å². The van der Waals surface area contributed by atoms with Crippen LogP contribution in [-0.2, 0) is 9.59 Å². The number of likely N-dealkylation sites (tertiary alicyclic amines) is 1. The maximum atomic E-state index is 12.5. The first-order chi connectivity index (χ1) is 14.0. The normalized spacial score (nSPS) is 16.0. The van der Waals surface area contributed by atoms with Crippen molar-refractivity contribution < 1.29 is 14.4 Å². The molecule has 0 saturated carbocycles. The highest BCUT2D eigenvalue weighted by molar-refractivity contribution is 6.05. The van der Waals surface area contributed by atoms with Crippen LogP contribution >= 0.6 is 0 Å². The van der Waals surface area contributed by atoms with E-state index < -0.39 is 0 Å². The van der Waals surface area contributed by atoms with E-state index >= 15 is 0 Å². The maximum absolute atomic E-state index is 12.5. The molecule has 3 rings (SSSR count). The average molecular weight is 393 g/mol. The van der Waals surface area contributed by atoms with Crippen LogP contribution in [0.1, 0.15) is 42.1 Å². The van der Waals surface area contributed by atoms with Crippen LogP contribution < -0.4 is 10.6 Å². The molecule has 152 valence electrons. The quantitative estimate of drug-likeness (QED) is 0.750. The van der Waals surface area contributed by atoms with Gasteiger partial charge in [0, 0.05) is 36.4 Å². The second-order valence-electron chi connectivity index (χ2n) is 7.48. The lowest BCUT2D eigenvalue weighted by molar-refractivity contribution is -0.128. The van der Waals surface area contributed by atoms with E-state index in [4.69, 9.17) is 0 Å². The predicted molar refractivity (Wildman–Crippen MR) is 114 cm³/mol. The summed E-state index contributed by atoms with van der Waals surface area (Å²) in [6.07, 6.45) is 2.23. The standard InChI is InChI=1S/C23H27N3O3/c1-3-4-12-26-15-18(14-21(26)27)23(29)24-19-10-8-17(9-11-19)22(28)25-20-7-5-6-16(2)13-20/h5-11,13,18H,3-4,12,14-15H2,1-2H3,(H,24,29)(H,25,28)/t18-/m1/s1. The smallest absolute Gasteiger partial charge is 0.255 e. The molecular formula is C23H27N3O3. The molecular weight excluding hydrogens is 366 g/mol. The van der Waals surface area contributed by atoms with Crippen molar-refractivity contribution in [2.75, 3.05) is 23.7 Å². The lowest BCUT2D eigenvalue weighted by Gasteiger charge is -2.16. The summed E-state index contributed by atoms with van der Waals surface area (Å²) in [4.78, 5) is 38.7. The van der Waals surface area contributed by atoms with Crippen molar-refractivity contribution in [2.24, 2.45) is 5.92 Å². The molecule has 1 fully saturated rings. The van der Waals surface area contributed by atoms with E-state index in [1.807, 2.05) is 31.2 Å². The Labute approximate surface area is 171 Å².